The van der Waals surface area contributed by atoms with E-state index in [4.69, 9.17) is 44.6 Å². The monoisotopic (exact) mass is 559 g/mol. The number of carboxylic acid groups (broad SMARTS) is 1. The number of halogens is 3. The minimum absolute atomic E-state index is 0.195. The summed E-state index contributed by atoms with van der Waals surface area (Å²) < 4.78 is 10.1. The van der Waals surface area contributed by atoms with Crippen LogP contribution in [-0.2, 0) is 4.79 Å². The van der Waals surface area contributed by atoms with Crippen LogP contribution in [0.2, 0.25) is 28.4 Å². The van der Waals surface area contributed by atoms with Gasteiger partial charge in [-0.1, -0.05) is 34.8 Å². The Balaban J connectivity index is 0.000000528. The number of ether oxygens (including phenoxy) is 1. The van der Waals surface area contributed by atoms with Gasteiger partial charge in [-0.25, -0.2) is 4.79 Å². The molecule has 1 unspecified atom stereocenters. The second-order valence-corrected chi connectivity index (χ2v) is 16.6. The number of unbranched alkanes of at least 4 members (excludes halogenated alkanes) is 3. The number of hydrogen-bond donors (Lipinski definition) is 1. The van der Waals surface area contributed by atoms with Crippen LogP contribution in [0.5, 0.6) is 5.75 Å². The summed E-state index contributed by atoms with van der Waals surface area (Å²) in [6, 6.07) is 2.78. The van der Waals surface area contributed by atoms with E-state index in [-0.39, 0.29) is 20.8 Å². The van der Waals surface area contributed by atoms with Crippen LogP contribution in [0.3, 0.4) is 0 Å². The van der Waals surface area contributed by atoms with Crippen LogP contribution < -0.4 is 4.74 Å². The second-order valence-electron chi connectivity index (χ2n) is 6.86. The molecule has 0 aliphatic heterocycles. The Bertz CT molecular complexity index is 551. The first-order chi connectivity index (χ1) is 13.3. The van der Waals surface area contributed by atoms with Crippen molar-refractivity contribution in [3.63, 3.8) is 0 Å². The third-order valence-corrected chi connectivity index (χ3v) is 14.4. The molecule has 0 saturated carbocycles. The summed E-state index contributed by atoms with van der Waals surface area (Å²) >= 11 is 16.4. The molecule has 161 valence electrons. The average molecular weight is 560 g/mol. The number of rotatable bonds is 12. The van der Waals surface area contributed by atoms with E-state index in [1.54, 1.807) is 13.3 Å². The summed E-state index contributed by atoms with van der Waals surface area (Å²) in [5, 5.41) is 9.40. The maximum atomic E-state index is 10.5. The molecule has 1 rings (SSSR count). The molecule has 1 radical (unpaired) electrons. The molecule has 0 amide bonds. The van der Waals surface area contributed by atoms with E-state index in [2.05, 4.69) is 20.8 Å². The van der Waals surface area contributed by atoms with Crippen LogP contribution >= 0.6 is 34.8 Å². The normalized spacial score (nSPS) is 11.7. The van der Waals surface area contributed by atoms with Crippen molar-refractivity contribution >= 4 is 60.5 Å². The molecule has 0 aliphatic carbocycles. The van der Waals surface area contributed by atoms with E-state index in [9.17, 15) is 4.79 Å². The summed E-state index contributed by atoms with van der Waals surface area (Å²) in [7, 11) is 0. The van der Waals surface area contributed by atoms with Gasteiger partial charge < -0.3 is 9.84 Å². The molecule has 1 N–H and O–H groups in total. The predicted molar refractivity (Wildman–Crippen MR) is 124 cm³/mol. The Morgan fingerprint density at radius 1 is 0.929 bits per heavy atom. The second kappa shape index (κ2) is 16.9. The van der Waals surface area contributed by atoms with E-state index in [1.165, 1.54) is 57.6 Å². The summed E-state index contributed by atoms with van der Waals surface area (Å²) in [5.41, 5.74) is 0. The zero-order valence-corrected chi connectivity index (χ0v) is 22.6. The van der Waals surface area contributed by atoms with Crippen molar-refractivity contribution in [1.82, 2.24) is 0 Å². The molecule has 0 saturated heterocycles. The summed E-state index contributed by atoms with van der Waals surface area (Å²) in [6.07, 6.45) is 7.85. The Labute approximate surface area is 192 Å². The van der Waals surface area contributed by atoms with Gasteiger partial charge >= 0.3 is 98.3 Å². The summed E-state index contributed by atoms with van der Waals surface area (Å²) in [5.74, 6) is -0.891. The Morgan fingerprint density at radius 2 is 1.36 bits per heavy atom. The van der Waals surface area contributed by atoms with Crippen LogP contribution in [0.4, 0.5) is 0 Å². The number of aliphatic carboxylic acids is 1. The zero-order chi connectivity index (χ0) is 21.5. The topological polar surface area (TPSA) is 46.5 Å². The fourth-order valence-electron chi connectivity index (χ4n) is 2.49. The minimum atomic E-state index is -1.09. The van der Waals surface area contributed by atoms with Gasteiger partial charge in [-0.3, -0.25) is 0 Å². The van der Waals surface area contributed by atoms with Gasteiger partial charge in [0.25, 0.3) is 0 Å². The standard InChI is InChI=1S/C9H7Cl3O3.3C4H9.Sn/c1-4(9(13)14)15-8-3-6(11)5(10)2-7(8)12;3*1-3-4-2;/h2-4H,1H3,(H,13,14);3*1,3-4H2,2H3;. The van der Waals surface area contributed by atoms with Crippen molar-refractivity contribution in [3.05, 3.63) is 27.2 Å². The molecular formula is C21H34Cl3O3Sn. The van der Waals surface area contributed by atoms with E-state index in [1.807, 2.05) is 0 Å². The van der Waals surface area contributed by atoms with Crippen LogP contribution in [0.15, 0.2) is 12.1 Å². The molecule has 3 nitrogen and oxygen atoms in total. The number of carboxylic acids is 1. The van der Waals surface area contributed by atoms with Crippen LogP contribution in [-0.4, -0.2) is 36.9 Å². The Hall–Kier alpha value is 0.159. The summed E-state index contributed by atoms with van der Waals surface area (Å²) in [6.45, 7) is 8.39. The van der Waals surface area contributed by atoms with Gasteiger partial charge in [0.2, 0.25) is 0 Å². The van der Waals surface area contributed by atoms with Crippen molar-refractivity contribution in [3.8, 4) is 5.75 Å². The zero-order valence-electron chi connectivity index (χ0n) is 17.5. The van der Waals surface area contributed by atoms with Crippen molar-refractivity contribution < 1.29 is 14.6 Å². The molecule has 0 spiro atoms. The fraction of sp³-hybridized carbons (Fsp3) is 0.667. The van der Waals surface area contributed by atoms with Crippen LogP contribution in [0.25, 0.3) is 0 Å². The van der Waals surface area contributed by atoms with E-state index in [0.717, 1.165) is 0 Å². The average Bonchev–Trinajstić information content (AvgIpc) is 2.65. The molecule has 0 fully saturated rings. The molecule has 0 aliphatic rings. The first-order valence-corrected chi connectivity index (χ1v) is 17.3. The van der Waals surface area contributed by atoms with Crippen LogP contribution in [0.1, 0.15) is 66.2 Å². The molecule has 1 atom stereocenters. The molecular weight excluding hydrogens is 525 g/mol. The molecule has 28 heavy (non-hydrogen) atoms. The van der Waals surface area contributed by atoms with Gasteiger partial charge in [0.1, 0.15) is 5.75 Å². The van der Waals surface area contributed by atoms with Gasteiger partial charge in [-0.2, -0.15) is 0 Å². The van der Waals surface area contributed by atoms with Crippen molar-refractivity contribution in [2.24, 2.45) is 0 Å². The first-order valence-electron chi connectivity index (χ1n) is 10.1. The number of hydrogen-bond acceptors (Lipinski definition) is 2. The molecule has 0 aromatic heterocycles. The number of benzene rings is 1. The molecule has 7 heteroatoms. The molecule has 0 heterocycles. The maximum absolute atomic E-state index is 10.5. The number of carbonyl (C=O) groups is 1. The van der Waals surface area contributed by atoms with Gasteiger partial charge in [-0.05, 0) is 13.0 Å². The van der Waals surface area contributed by atoms with Crippen LogP contribution in [0, 0.1) is 0 Å². The predicted octanol–water partition coefficient (Wildman–Crippen LogP) is 8.38. The van der Waals surface area contributed by atoms with E-state index in [0.29, 0.717) is 0 Å². The van der Waals surface area contributed by atoms with Crippen molar-refractivity contribution in [2.45, 2.75) is 85.6 Å². The first kappa shape index (κ1) is 28.2. The van der Waals surface area contributed by atoms with Crippen molar-refractivity contribution in [1.29, 1.82) is 0 Å². The van der Waals surface area contributed by atoms with E-state index >= 15 is 0 Å². The van der Waals surface area contributed by atoms with Gasteiger partial charge in [0, 0.05) is 6.07 Å². The Kier molecular flexibility index (Phi) is 17.0. The molecule has 1 aromatic rings. The summed E-state index contributed by atoms with van der Waals surface area (Å²) in [4.78, 5) is 10.5. The van der Waals surface area contributed by atoms with E-state index < -0.39 is 31.8 Å². The van der Waals surface area contributed by atoms with Crippen molar-refractivity contribution in [2.75, 3.05) is 0 Å². The third kappa shape index (κ3) is 12.7. The molecule has 0 bridgehead atoms. The fourth-order valence-corrected chi connectivity index (χ4v) is 12.5. The quantitative estimate of drug-likeness (QED) is 0.207. The Morgan fingerprint density at radius 3 is 1.75 bits per heavy atom. The molecule has 1 aromatic carbocycles. The third-order valence-electron chi connectivity index (χ3n) is 4.28. The van der Waals surface area contributed by atoms with Gasteiger partial charge in [0.05, 0.1) is 15.1 Å². The van der Waals surface area contributed by atoms with Gasteiger partial charge in [0.15, 0.2) is 6.10 Å². The van der Waals surface area contributed by atoms with Gasteiger partial charge in [-0.15, -0.1) is 0 Å². The SMILES string of the molecule is CC(Oc1cc(Cl)c(Cl)cc1Cl)C(=O)O.CCC[CH2][Sn]([CH2]CCC)[CH2]CCC.